The standard InChI is InChI=1S/C15H22FNO/c1-15(8-3-4-9-15)13(17)10-11-6-5-7-12(18-2)14(11)16/h5-7,13H,3-4,8-10,17H2,1-2H3. The Morgan fingerprint density at radius 1 is 1.39 bits per heavy atom. The van der Waals surface area contributed by atoms with Gasteiger partial charge in [0.25, 0.3) is 0 Å². The highest BCUT2D eigenvalue weighted by atomic mass is 19.1. The molecule has 1 aliphatic carbocycles. The second-order valence-electron chi connectivity index (χ2n) is 5.61. The minimum Gasteiger partial charge on any atom is -0.494 e. The average molecular weight is 251 g/mol. The highest BCUT2D eigenvalue weighted by Gasteiger charge is 2.35. The summed E-state index contributed by atoms with van der Waals surface area (Å²) >= 11 is 0. The van der Waals surface area contributed by atoms with Gasteiger partial charge >= 0.3 is 0 Å². The molecule has 1 saturated carbocycles. The van der Waals surface area contributed by atoms with Crippen molar-refractivity contribution in [2.45, 2.75) is 45.1 Å². The molecule has 0 bridgehead atoms. The third-order valence-electron chi connectivity index (χ3n) is 4.34. The molecule has 0 radical (unpaired) electrons. The first-order valence-corrected chi connectivity index (χ1v) is 6.64. The van der Waals surface area contributed by atoms with Gasteiger partial charge < -0.3 is 10.5 Å². The first kappa shape index (κ1) is 13.3. The molecule has 1 unspecified atom stereocenters. The summed E-state index contributed by atoms with van der Waals surface area (Å²) in [5.41, 5.74) is 7.12. The van der Waals surface area contributed by atoms with E-state index in [4.69, 9.17) is 10.5 Å². The first-order chi connectivity index (χ1) is 8.57. The molecular weight excluding hydrogens is 229 g/mol. The minimum atomic E-state index is -0.267. The summed E-state index contributed by atoms with van der Waals surface area (Å²) in [5.74, 6) is 0.0355. The van der Waals surface area contributed by atoms with Crippen LogP contribution in [0.2, 0.25) is 0 Å². The summed E-state index contributed by atoms with van der Waals surface area (Å²) in [5, 5.41) is 0. The zero-order valence-electron chi connectivity index (χ0n) is 11.2. The van der Waals surface area contributed by atoms with Crippen molar-refractivity contribution < 1.29 is 9.13 Å². The summed E-state index contributed by atoms with van der Waals surface area (Å²) in [6, 6.07) is 5.28. The topological polar surface area (TPSA) is 35.2 Å². The monoisotopic (exact) mass is 251 g/mol. The summed E-state index contributed by atoms with van der Waals surface area (Å²) in [6.07, 6.45) is 5.37. The van der Waals surface area contributed by atoms with E-state index >= 15 is 0 Å². The Hall–Kier alpha value is -1.09. The van der Waals surface area contributed by atoms with Crippen molar-refractivity contribution >= 4 is 0 Å². The lowest BCUT2D eigenvalue weighted by Gasteiger charge is -2.31. The summed E-state index contributed by atoms with van der Waals surface area (Å²) in [7, 11) is 1.49. The van der Waals surface area contributed by atoms with Crippen LogP contribution in [-0.2, 0) is 6.42 Å². The molecule has 2 nitrogen and oxygen atoms in total. The maximum atomic E-state index is 14.1. The van der Waals surface area contributed by atoms with Gasteiger partial charge in [-0.15, -0.1) is 0 Å². The molecule has 2 N–H and O–H groups in total. The molecule has 0 aromatic heterocycles. The molecule has 3 heteroatoms. The second-order valence-corrected chi connectivity index (χ2v) is 5.61. The maximum absolute atomic E-state index is 14.1. The van der Waals surface area contributed by atoms with Crippen molar-refractivity contribution in [1.82, 2.24) is 0 Å². The lowest BCUT2D eigenvalue weighted by molar-refractivity contribution is 0.258. The molecule has 1 aromatic carbocycles. The van der Waals surface area contributed by atoms with Gasteiger partial charge in [0.1, 0.15) is 0 Å². The van der Waals surface area contributed by atoms with Gasteiger partial charge in [-0.2, -0.15) is 0 Å². The van der Waals surface area contributed by atoms with E-state index in [1.807, 2.05) is 6.07 Å². The Bertz CT molecular complexity index is 413. The number of ether oxygens (including phenoxy) is 1. The van der Waals surface area contributed by atoms with Crippen LogP contribution < -0.4 is 10.5 Å². The molecule has 100 valence electrons. The molecule has 1 aliphatic rings. The van der Waals surface area contributed by atoms with Gasteiger partial charge in [0.05, 0.1) is 7.11 Å². The molecular formula is C15H22FNO. The number of halogens is 1. The predicted octanol–water partition coefficient (Wildman–Crippen LogP) is 3.28. The number of hydrogen-bond donors (Lipinski definition) is 1. The molecule has 0 aliphatic heterocycles. The van der Waals surface area contributed by atoms with Crippen molar-refractivity contribution in [3.63, 3.8) is 0 Å². The molecule has 0 saturated heterocycles. The molecule has 18 heavy (non-hydrogen) atoms. The van der Waals surface area contributed by atoms with E-state index in [0.29, 0.717) is 17.7 Å². The van der Waals surface area contributed by atoms with Crippen LogP contribution in [0.25, 0.3) is 0 Å². The van der Waals surface area contributed by atoms with Crippen LogP contribution in [0.1, 0.15) is 38.2 Å². The fourth-order valence-electron chi connectivity index (χ4n) is 2.91. The van der Waals surface area contributed by atoms with Crippen LogP contribution in [-0.4, -0.2) is 13.2 Å². The minimum absolute atomic E-state index is 0.0154. The Labute approximate surface area is 108 Å². The largest absolute Gasteiger partial charge is 0.494 e. The van der Waals surface area contributed by atoms with Gasteiger partial charge in [0.15, 0.2) is 11.6 Å². The van der Waals surface area contributed by atoms with Crippen LogP contribution in [0, 0.1) is 11.2 Å². The van der Waals surface area contributed by atoms with Crippen molar-refractivity contribution in [1.29, 1.82) is 0 Å². The first-order valence-electron chi connectivity index (χ1n) is 6.64. The molecule has 1 aromatic rings. The summed E-state index contributed by atoms with van der Waals surface area (Å²) in [4.78, 5) is 0. The lowest BCUT2D eigenvalue weighted by Crippen LogP contribution is -2.39. The van der Waals surface area contributed by atoms with Crippen molar-refractivity contribution in [3.05, 3.63) is 29.6 Å². The lowest BCUT2D eigenvalue weighted by atomic mass is 9.78. The SMILES string of the molecule is COc1cccc(CC(N)C2(C)CCCC2)c1F. The summed E-state index contributed by atoms with van der Waals surface area (Å²) in [6.45, 7) is 2.22. The van der Waals surface area contributed by atoms with Gasteiger partial charge in [-0.3, -0.25) is 0 Å². The second kappa shape index (κ2) is 5.27. The molecule has 2 rings (SSSR count). The smallest absolute Gasteiger partial charge is 0.168 e. The Balaban J connectivity index is 2.14. The third kappa shape index (κ3) is 2.51. The van der Waals surface area contributed by atoms with Crippen molar-refractivity contribution in [3.8, 4) is 5.75 Å². The quantitative estimate of drug-likeness (QED) is 0.891. The van der Waals surface area contributed by atoms with Crippen LogP contribution in [0.4, 0.5) is 4.39 Å². The zero-order valence-corrected chi connectivity index (χ0v) is 11.2. The van der Waals surface area contributed by atoms with Crippen molar-refractivity contribution in [2.75, 3.05) is 7.11 Å². The van der Waals surface area contributed by atoms with E-state index in [1.54, 1.807) is 12.1 Å². The van der Waals surface area contributed by atoms with Gasteiger partial charge in [-0.05, 0) is 36.3 Å². The molecule has 1 fully saturated rings. The number of benzene rings is 1. The molecule has 0 amide bonds. The van der Waals surface area contributed by atoms with Gasteiger partial charge in [0.2, 0.25) is 0 Å². The van der Waals surface area contributed by atoms with Crippen LogP contribution in [0.15, 0.2) is 18.2 Å². The van der Waals surface area contributed by atoms with Gasteiger partial charge in [-0.1, -0.05) is 31.9 Å². The molecule has 1 atom stereocenters. The van der Waals surface area contributed by atoms with Crippen LogP contribution >= 0.6 is 0 Å². The fourth-order valence-corrected chi connectivity index (χ4v) is 2.91. The maximum Gasteiger partial charge on any atom is 0.168 e. The third-order valence-corrected chi connectivity index (χ3v) is 4.34. The van der Waals surface area contributed by atoms with E-state index in [1.165, 1.54) is 20.0 Å². The normalized spacial score (nSPS) is 19.8. The fraction of sp³-hybridized carbons (Fsp3) is 0.600. The number of rotatable bonds is 4. The van der Waals surface area contributed by atoms with E-state index in [-0.39, 0.29) is 17.3 Å². The molecule has 0 spiro atoms. The number of methoxy groups -OCH3 is 1. The predicted molar refractivity (Wildman–Crippen MR) is 71.2 cm³/mol. The average Bonchev–Trinajstić information content (AvgIpc) is 2.80. The van der Waals surface area contributed by atoms with Crippen LogP contribution in [0.5, 0.6) is 5.75 Å². The molecule has 0 heterocycles. The Morgan fingerprint density at radius 2 is 2.06 bits per heavy atom. The number of hydrogen-bond acceptors (Lipinski definition) is 2. The van der Waals surface area contributed by atoms with Crippen molar-refractivity contribution in [2.24, 2.45) is 11.1 Å². The Morgan fingerprint density at radius 3 is 2.67 bits per heavy atom. The highest BCUT2D eigenvalue weighted by molar-refractivity contribution is 5.31. The van der Waals surface area contributed by atoms with E-state index in [9.17, 15) is 4.39 Å². The van der Waals surface area contributed by atoms with Crippen LogP contribution in [0.3, 0.4) is 0 Å². The number of nitrogens with two attached hydrogens (primary N) is 1. The van der Waals surface area contributed by atoms with Gasteiger partial charge in [-0.25, -0.2) is 4.39 Å². The van der Waals surface area contributed by atoms with Gasteiger partial charge in [0, 0.05) is 6.04 Å². The highest BCUT2D eigenvalue weighted by Crippen LogP contribution is 2.41. The Kier molecular flexibility index (Phi) is 3.91. The van der Waals surface area contributed by atoms with E-state index < -0.39 is 0 Å². The zero-order chi connectivity index (χ0) is 13.2. The van der Waals surface area contributed by atoms with E-state index in [2.05, 4.69) is 6.92 Å². The van der Waals surface area contributed by atoms with E-state index in [0.717, 1.165) is 12.8 Å². The summed E-state index contributed by atoms with van der Waals surface area (Å²) < 4.78 is 19.1.